The fourth-order valence-electron chi connectivity index (χ4n) is 1.15. The van der Waals surface area contributed by atoms with E-state index in [4.69, 9.17) is 5.11 Å². The zero-order valence-corrected chi connectivity index (χ0v) is 6.84. The monoisotopic (exact) mass is 182 g/mol. The SMILES string of the molecule is O=C(O)NC1=CC=C2SC=NC12. The Balaban J connectivity index is 2.12. The second kappa shape index (κ2) is 2.67. The van der Waals surface area contributed by atoms with Gasteiger partial charge in [-0.2, -0.15) is 0 Å². The van der Waals surface area contributed by atoms with E-state index in [0.717, 1.165) is 4.91 Å². The van der Waals surface area contributed by atoms with Crippen molar-refractivity contribution in [2.24, 2.45) is 4.99 Å². The Labute approximate surface area is 73.1 Å². The summed E-state index contributed by atoms with van der Waals surface area (Å²) >= 11 is 1.53. The standard InChI is InChI=1S/C7H6N2O2S/c10-7(11)9-4-1-2-5-6(4)8-3-12-5/h1-3,6,9H,(H,10,11). The highest BCUT2D eigenvalue weighted by molar-refractivity contribution is 8.15. The van der Waals surface area contributed by atoms with Crippen LogP contribution in [0.15, 0.2) is 27.7 Å². The van der Waals surface area contributed by atoms with Crippen LogP contribution in [0, 0.1) is 0 Å². The molecule has 1 aliphatic carbocycles. The lowest BCUT2D eigenvalue weighted by atomic mass is 10.3. The van der Waals surface area contributed by atoms with Gasteiger partial charge in [0.05, 0.1) is 11.2 Å². The molecule has 2 rings (SSSR count). The van der Waals surface area contributed by atoms with Crippen molar-refractivity contribution in [2.45, 2.75) is 6.04 Å². The molecule has 1 atom stereocenters. The Morgan fingerprint density at radius 3 is 3.25 bits per heavy atom. The number of rotatable bonds is 1. The Bertz CT molecular complexity index is 319. The summed E-state index contributed by atoms with van der Waals surface area (Å²) in [5, 5.41) is 10.8. The van der Waals surface area contributed by atoms with Crippen molar-refractivity contribution in [2.75, 3.05) is 0 Å². The Morgan fingerprint density at radius 2 is 2.50 bits per heavy atom. The van der Waals surface area contributed by atoms with E-state index in [-0.39, 0.29) is 6.04 Å². The van der Waals surface area contributed by atoms with Crippen molar-refractivity contribution >= 4 is 23.4 Å². The third-order valence-electron chi connectivity index (χ3n) is 1.64. The Morgan fingerprint density at radius 1 is 1.67 bits per heavy atom. The molecule has 0 aromatic rings. The van der Waals surface area contributed by atoms with Crippen LogP contribution in [-0.4, -0.2) is 22.8 Å². The average Bonchev–Trinajstić information content (AvgIpc) is 2.52. The number of hydrogen-bond donors (Lipinski definition) is 2. The Hall–Kier alpha value is -1.23. The van der Waals surface area contributed by atoms with Gasteiger partial charge in [0, 0.05) is 4.91 Å². The van der Waals surface area contributed by atoms with Gasteiger partial charge in [-0.15, -0.1) is 0 Å². The molecule has 0 saturated heterocycles. The van der Waals surface area contributed by atoms with Crippen LogP contribution in [0.5, 0.6) is 0 Å². The molecule has 12 heavy (non-hydrogen) atoms. The first-order valence-corrected chi connectivity index (χ1v) is 4.25. The van der Waals surface area contributed by atoms with Crippen LogP contribution in [0.25, 0.3) is 0 Å². The summed E-state index contributed by atoms with van der Waals surface area (Å²) in [5.74, 6) is 0. The van der Waals surface area contributed by atoms with Crippen LogP contribution in [0.1, 0.15) is 0 Å². The van der Waals surface area contributed by atoms with E-state index in [2.05, 4.69) is 10.3 Å². The number of fused-ring (bicyclic) bond motifs is 1. The average molecular weight is 182 g/mol. The zero-order chi connectivity index (χ0) is 8.55. The molecule has 1 unspecified atom stereocenters. The highest BCUT2D eigenvalue weighted by atomic mass is 32.2. The quantitative estimate of drug-likeness (QED) is 0.640. The number of carboxylic acid groups (broad SMARTS) is 1. The second-order valence-electron chi connectivity index (χ2n) is 2.40. The van der Waals surface area contributed by atoms with E-state index in [0.29, 0.717) is 5.70 Å². The summed E-state index contributed by atoms with van der Waals surface area (Å²) in [6, 6.07) is -0.0916. The van der Waals surface area contributed by atoms with Gasteiger partial charge in [-0.1, -0.05) is 11.8 Å². The molecule has 62 valence electrons. The zero-order valence-electron chi connectivity index (χ0n) is 6.02. The minimum absolute atomic E-state index is 0.0916. The van der Waals surface area contributed by atoms with Crippen molar-refractivity contribution in [3.63, 3.8) is 0 Å². The summed E-state index contributed by atoms with van der Waals surface area (Å²) in [7, 11) is 0. The molecule has 0 spiro atoms. The number of aliphatic imine (C=N–C) groups is 1. The predicted octanol–water partition coefficient (Wildman–Crippen LogP) is 1.18. The number of amides is 1. The molecule has 4 nitrogen and oxygen atoms in total. The maximum Gasteiger partial charge on any atom is 0.408 e. The van der Waals surface area contributed by atoms with E-state index >= 15 is 0 Å². The van der Waals surface area contributed by atoms with E-state index in [1.54, 1.807) is 11.6 Å². The second-order valence-corrected chi connectivity index (χ2v) is 3.31. The molecule has 0 fully saturated rings. The van der Waals surface area contributed by atoms with E-state index in [1.807, 2.05) is 6.08 Å². The third kappa shape index (κ3) is 1.12. The van der Waals surface area contributed by atoms with Crippen molar-refractivity contribution in [1.29, 1.82) is 0 Å². The predicted molar refractivity (Wildman–Crippen MR) is 47.2 cm³/mol. The smallest absolute Gasteiger partial charge is 0.408 e. The highest BCUT2D eigenvalue weighted by Gasteiger charge is 2.26. The normalized spacial score (nSPS) is 24.8. The molecule has 1 aliphatic heterocycles. The van der Waals surface area contributed by atoms with Gasteiger partial charge in [-0.3, -0.25) is 10.3 Å². The van der Waals surface area contributed by atoms with Crippen molar-refractivity contribution in [3.05, 3.63) is 22.8 Å². The topological polar surface area (TPSA) is 61.7 Å². The molecule has 0 saturated carbocycles. The molecular weight excluding hydrogens is 176 g/mol. The molecule has 2 N–H and O–H groups in total. The van der Waals surface area contributed by atoms with Gasteiger partial charge in [0.1, 0.15) is 6.04 Å². The van der Waals surface area contributed by atoms with Gasteiger partial charge in [-0.05, 0) is 12.2 Å². The number of carbonyl (C=O) groups is 1. The van der Waals surface area contributed by atoms with Crippen LogP contribution >= 0.6 is 11.8 Å². The first-order chi connectivity index (χ1) is 5.77. The van der Waals surface area contributed by atoms with Crippen LogP contribution < -0.4 is 5.32 Å². The minimum atomic E-state index is -1.04. The summed E-state index contributed by atoms with van der Waals surface area (Å²) in [6.45, 7) is 0. The molecule has 1 heterocycles. The van der Waals surface area contributed by atoms with Crippen molar-refractivity contribution in [1.82, 2.24) is 5.32 Å². The summed E-state index contributed by atoms with van der Waals surface area (Å²) < 4.78 is 0. The van der Waals surface area contributed by atoms with Crippen LogP contribution in [0.2, 0.25) is 0 Å². The third-order valence-corrected chi connectivity index (χ3v) is 2.50. The molecule has 5 heteroatoms. The number of hydrogen-bond acceptors (Lipinski definition) is 3. The van der Waals surface area contributed by atoms with Crippen molar-refractivity contribution in [3.8, 4) is 0 Å². The van der Waals surface area contributed by atoms with Gasteiger partial charge in [-0.25, -0.2) is 4.79 Å². The summed E-state index contributed by atoms with van der Waals surface area (Å²) in [4.78, 5) is 15.5. The maximum absolute atomic E-state index is 10.3. The number of nitrogens with zero attached hydrogens (tertiary/aromatic N) is 1. The van der Waals surface area contributed by atoms with Gasteiger partial charge in [0.15, 0.2) is 0 Å². The lowest BCUT2D eigenvalue weighted by Crippen LogP contribution is -2.25. The molecule has 1 amide bonds. The molecule has 0 radical (unpaired) electrons. The summed E-state index contributed by atoms with van der Waals surface area (Å²) in [6.07, 6.45) is 2.59. The molecule has 0 aromatic heterocycles. The number of allylic oxidation sites excluding steroid dienone is 2. The van der Waals surface area contributed by atoms with Gasteiger partial charge >= 0.3 is 6.09 Å². The van der Waals surface area contributed by atoms with Gasteiger partial charge in [0.25, 0.3) is 0 Å². The number of thioether (sulfide) groups is 1. The van der Waals surface area contributed by atoms with Gasteiger partial charge < -0.3 is 5.11 Å². The lowest BCUT2D eigenvalue weighted by Gasteiger charge is -2.07. The van der Waals surface area contributed by atoms with Crippen LogP contribution in [-0.2, 0) is 0 Å². The van der Waals surface area contributed by atoms with E-state index in [9.17, 15) is 4.79 Å². The van der Waals surface area contributed by atoms with E-state index < -0.39 is 6.09 Å². The lowest BCUT2D eigenvalue weighted by molar-refractivity contribution is 0.197. The molecule has 0 aromatic carbocycles. The maximum atomic E-state index is 10.3. The molecule has 0 bridgehead atoms. The fourth-order valence-corrected chi connectivity index (χ4v) is 1.92. The molecule has 2 aliphatic rings. The van der Waals surface area contributed by atoms with Crippen LogP contribution in [0.3, 0.4) is 0 Å². The van der Waals surface area contributed by atoms with Crippen LogP contribution in [0.4, 0.5) is 4.79 Å². The highest BCUT2D eigenvalue weighted by Crippen LogP contribution is 2.34. The van der Waals surface area contributed by atoms with E-state index in [1.165, 1.54) is 11.8 Å². The summed E-state index contributed by atoms with van der Waals surface area (Å²) in [5.41, 5.74) is 2.37. The van der Waals surface area contributed by atoms with Gasteiger partial charge in [0.2, 0.25) is 0 Å². The first-order valence-electron chi connectivity index (χ1n) is 3.37. The van der Waals surface area contributed by atoms with Crippen molar-refractivity contribution < 1.29 is 9.90 Å². The molecular formula is C7H6N2O2S. The minimum Gasteiger partial charge on any atom is -0.465 e. The first kappa shape index (κ1) is 7.42. The fraction of sp³-hybridized carbons (Fsp3) is 0.143. The Kier molecular flexibility index (Phi) is 1.65. The number of nitrogens with one attached hydrogen (secondary N) is 1. The largest absolute Gasteiger partial charge is 0.465 e.